The van der Waals surface area contributed by atoms with Crippen molar-refractivity contribution in [3.05, 3.63) is 34.1 Å². The molecular formula is C13H15BrFNO2. The topological polar surface area (TPSA) is 29.5 Å². The van der Waals surface area contributed by atoms with Crippen molar-refractivity contribution in [1.29, 1.82) is 0 Å². The molecule has 0 bridgehead atoms. The first-order valence-electron chi connectivity index (χ1n) is 5.97. The lowest BCUT2D eigenvalue weighted by atomic mass is 10.1. The van der Waals surface area contributed by atoms with Gasteiger partial charge in [0.15, 0.2) is 0 Å². The molecule has 3 nitrogen and oxygen atoms in total. The molecule has 1 aromatic rings. The SMILES string of the molecule is CCC1COCCN1C(=O)c1cc(F)ccc1Br. The van der Waals surface area contributed by atoms with Gasteiger partial charge in [-0.15, -0.1) is 0 Å². The van der Waals surface area contributed by atoms with Crippen molar-refractivity contribution in [1.82, 2.24) is 4.90 Å². The number of morpholine rings is 1. The van der Waals surface area contributed by atoms with E-state index in [1.807, 2.05) is 6.92 Å². The van der Waals surface area contributed by atoms with E-state index < -0.39 is 5.82 Å². The number of carbonyl (C=O) groups is 1. The molecule has 1 fully saturated rings. The molecule has 1 atom stereocenters. The van der Waals surface area contributed by atoms with Gasteiger partial charge >= 0.3 is 0 Å². The third kappa shape index (κ3) is 2.72. The van der Waals surface area contributed by atoms with Gasteiger partial charge in [0, 0.05) is 11.0 Å². The van der Waals surface area contributed by atoms with Crippen LogP contribution < -0.4 is 0 Å². The van der Waals surface area contributed by atoms with Crippen LogP contribution in [0.1, 0.15) is 23.7 Å². The number of rotatable bonds is 2. The van der Waals surface area contributed by atoms with E-state index in [-0.39, 0.29) is 11.9 Å². The molecule has 0 spiro atoms. The molecule has 98 valence electrons. The zero-order valence-corrected chi connectivity index (χ0v) is 11.7. The van der Waals surface area contributed by atoms with Crippen molar-refractivity contribution in [3.8, 4) is 0 Å². The van der Waals surface area contributed by atoms with Crippen LogP contribution in [0.5, 0.6) is 0 Å². The van der Waals surface area contributed by atoms with Gasteiger partial charge in [-0.2, -0.15) is 0 Å². The molecule has 0 aromatic heterocycles. The van der Waals surface area contributed by atoms with Crippen molar-refractivity contribution in [2.75, 3.05) is 19.8 Å². The Balaban J connectivity index is 2.26. The summed E-state index contributed by atoms with van der Waals surface area (Å²) < 4.78 is 19.2. The molecule has 0 N–H and O–H groups in total. The summed E-state index contributed by atoms with van der Waals surface area (Å²) in [6.07, 6.45) is 0.832. The minimum atomic E-state index is -0.400. The van der Waals surface area contributed by atoms with Crippen molar-refractivity contribution in [2.24, 2.45) is 0 Å². The zero-order chi connectivity index (χ0) is 13.1. The number of carbonyl (C=O) groups excluding carboxylic acids is 1. The number of hydrogen-bond donors (Lipinski definition) is 0. The molecule has 1 unspecified atom stereocenters. The maximum Gasteiger partial charge on any atom is 0.255 e. The summed E-state index contributed by atoms with van der Waals surface area (Å²) in [5.74, 6) is -0.542. The standard InChI is InChI=1S/C13H15BrFNO2/c1-2-10-8-18-6-5-16(10)13(17)11-7-9(15)3-4-12(11)14/h3-4,7,10H,2,5-6,8H2,1H3. The lowest BCUT2D eigenvalue weighted by molar-refractivity contribution is -0.00286. The second-order valence-corrected chi connectivity index (χ2v) is 5.11. The van der Waals surface area contributed by atoms with Crippen LogP contribution in [0.3, 0.4) is 0 Å². The molecular weight excluding hydrogens is 301 g/mol. The summed E-state index contributed by atoms with van der Waals surface area (Å²) in [5.41, 5.74) is 0.371. The largest absolute Gasteiger partial charge is 0.377 e. The van der Waals surface area contributed by atoms with Gasteiger partial charge in [0.25, 0.3) is 5.91 Å². The minimum Gasteiger partial charge on any atom is -0.377 e. The van der Waals surface area contributed by atoms with Gasteiger partial charge in [-0.1, -0.05) is 6.92 Å². The highest BCUT2D eigenvalue weighted by Crippen LogP contribution is 2.22. The van der Waals surface area contributed by atoms with Crippen molar-refractivity contribution in [3.63, 3.8) is 0 Å². The molecule has 1 aliphatic heterocycles. The third-order valence-corrected chi connectivity index (χ3v) is 3.81. The van der Waals surface area contributed by atoms with E-state index in [0.29, 0.717) is 29.8 Å². The van der Waals surface area contributed by atoms with Gasteiger partial charge in [0.05, 0.1) is 24.8 Å². The molecule has 5 heteroatoms. The van der Waals surface area contributed by atoms with E-state index >= 15 is 0 Å². The Kier molecular flexibility index (Phi) is 4.35. The molecule has 1 amide bonds. The number of nitrogens with zero attached hydrogens (tertiary/aromatic N) is 1. The smallest absolute Gasteiger partial charge is 0.255 e. The summed E-state index contributed by atoms with van der Waals surface area (Å²) in [7, 11) is 0. The molecule has 1 heterocycles. The Labute approximate surface area is 114 Å². The highest BCUT2D eigenvalue weighted by Gasteiger charge is 2.27. The van der Waals surface area contributed by atoms with Crippen LogP contribution in [0.25, 0.3) is 0 Å². The predicted molar refractivity (Wildman–Crippen MR) is 70.0 cm³/mol. The van der Waals surface area contributed by atoms with E-state index in [9.17, 15) is 9.18 Å². The van der Waals surface area contributed by atoms with E-state index in [4.69, 9.17) is 4.74 Å². The molecule has 1 saturated heterocycles. The van der Waals surface area contributed by atoms with Gasteiger partial charge in [0.1, 0.15) is 5.82 Å². The van der Waals surface area contributed by atoms with Crippen molar-refractivity contribution in [2.45, 2.75) is 19.4 Å². The number of hydrogen-bond acceptors (Lipinski definition) is 2. The first-order chi connectivity index (χ1) is 8.63. The van der Waals surface area contributed by atoms with Crippen LogP contribution in [0.15, 0.2) is 22.7 Å². The lowest BCUT2D eigenvalue weighted by Crippen LogP contribution is -2.48. The molecule has 0 saturated carbocycles. The molecule has 1 aromatic carbocycles. The fourth-order valence-electron chi connectivity index (χ4n) is 2.08. The van der Waals surface area contributed by atoms with Crippen molar-refractivity contribution >= 4 is 21.8 Å². The first kappa shape index (κ1) is 13.5. The summed E-state index contributed by atoms with van der Waals surface area (Å²) in [6.45, 7) is 3.66. The highest BCUT2D eigenvalue weighted by atomic mass is 79.9. The minimum absolute atomic E-state index is 0.0708. The average molecular weight is 316 g/mol. The summed E-state index contributed by atoms with van der Waals surface area (Å²) >= 11 is 3.29. The van der Waals surface area contributed by atoms with E-state index in [1.54, 1.807) is 11.0 Å². The first-order valence-corrected chi connectivity index (χ1v) is 6.76. The van der Waals surface area contributed by atoms with Gasteiger partial charge in [0.2, 0.25) is 0 Å². The number of benzene rings is 1. The van der Waals surface area contributed by atoms with Crippen LogP contribution in [-0.4, -0.2) is 36.6 Å². The fourth-order valence-corrected chi connectivity index (χ4v) is 2.49. The van der Waals surface area contributed by atoms with Gasteiger partial charge in [-0.25, -0.2) is 4.39 Å². The molecule has 0 radical (unpaired) electrons. The normalized spacial score (nSPS) is 19.9. The van der Waals surface area contributed by atoms with Crippen molar-refractivity contribution < 1.29 is 13.9 Å². The average Bonchev–Trinajstić information content (AvgIpc) is 2.40. The van der Waals surface area contributed by atoms with Gasteiger partial charge in [-0.3, -0.25) is 4.79 Å². The summed E-state index contributed by atoms with van der Waals surface area (Å²) in [6, 6.07) is 4.23. The van der Waals surface area contributed by atoms with E-state index in [1.165, 1.54) is 12.1 Å². The monoisotopic (exact) mass is 315 g/mol. The van der Waals surface area contributed by atoms with Gasteiger partial charge in [-0.05, 0) is 40.5 Å². The Morgan fingerprint density at radius 1 is 1.61 bits per heavy atom. The van der Waals surface area contributed by atoms with Gasteiger partial charge < -0.3 is 9.64 Å². The van der Waals surface area contributed by atoms with Crippen LogP contribution >= 0.6 is 15.9 Å². The number of ether oxygens (including phenoxy) is 1. The maximum atomic E-state index is 13.2. The second kappa shape index (κ2) is 5.80. The Morgan fingerprint density at radius 3 is 3.11 bits per heavy atom. The Hall–Kier alpha value is -0.940. The Morgan fingerprint density at radius 2 is 2.39 bits per heavy atom. The highest BCUT2D eigenvalue weighted by molar-refractivity contribution is 9.10. The summed E-state index contributed by atoms with van der Waals surface area (Å²) in [5, 5.41) is 0. The van der Waals surface area contributed by atoms with Crippen LogP contribution in [0, 0.1) is 5.82 Å². The van der Waals surface area contributed by atoms with Crippen LogP contribution in [0.4, 0.5) is 4.39 Å². The second-order valence-electron chi connectivity index (χ2n) is 4.26. The quantitative estimate of drug-likeness (QED) is 0.840. The van der Waals surface area contributed by atoms with Crippen LogP contribution in [-0.2, 0) is 4.74 Å². The lowest BCUT2D eigenvalue weighted by Gasteiger charge is -2.35. The predicted octanol–water partition coefficient (Wildman–Crippen LogP) is 2.84. The summed E-state index contributed by atoms with van der Waals surface area (Å²) in [4.78, 5) is 14.2. The molecule has 2 rings (SSSR count). The number of amides is 1. The third-order valence-electron chi connectivity index (χ3n) is 3.12. The molecule has 0 aliphatic carbocycles. The van der Waals surface area contributed by atoms with Crippen LogP contribution in [0.2, 0.25) is 0 Å². The van der Waals surface area contributed by atoms with E-state index in [2.05, 4.69) is 15.9 Å². The molecule has 1 aliphatic rings. The Bertz CT molecular complexity index is 453. The zero-order valence-electron chi connectivity index (χ0n) is 10.2. The maximum absolute atomic E-state index is 13.2. The molecule has 18 heavy (non-hydrogen) atoms. The van der Waals surface area contributed by atoms with E-state index in [0.717, 1.165) is 6.42 Å². The number of halogens is 2. The fraction of sp³-hybridized carbons (Fsp3) is 0.462.